The lowest BCUT2D eigenvalue weighted by molar-refractivity contribution is -0.141. The number of nitrogens with zero attached hydrogens (tertiary/aromatic N) is 3. The molecule has 0 atom stereocenters. The molecule has 0 saturated carbocycles. The molecule has 3 heterocycles. The average Bonchev–Trinajstić information content (AvgIpc) is 3.11. The van der Waals surface area contributed by atoms with Crippen molar-refractivity contribution in [3.05, 3.63) is 59.5 Å². The number of halogens is 1. The number of ether oxygens (including phenoxy) is 2. The fourth-order valence-electron chi connectivity index (χ4n) is 4.69. The fourth-order valence-corrected chi connectivity index (χ4v) is 4.69. The Morgan fingerprint density at radius 3 is 2.64 bits per heavy atom. The van der Waals surface area contributed by atoms with Gasteiger partial charge < -0.3 is 19.3 Å². The van der Waals surface area contributed by atoms with E-state index >= 15 is 0 Å². The molecule has 0 N–H and O–H groups in total. The number of benzene rings is 1. The van der Waals surface area contributed by atoms with Gasteiger partial charge in [0.05, 0.1) is 17.6 Å². The quantitative estimate of drug-likeness (QED) is 0.645. The first kappa shape index (κ1) is 23.2. The number of amides is 1. The van der Waals surface area contributed by atoms with Gasteiger partial charge in [-0.1, -0.05) is 12.1 Å². The maximum atomic E-state index is 14.0. The molecule has 4 rings (SSSR count). The Labute approximate surface area is 193 Å². The van der Waals surface area contributed by atoms with Crippen molar-refractivity contribution in [1.82, 2.24) is 9.88 Å². The van der Waals surface area contributed by atoms with E-state index in [4.69, 9.17) is 9.47 Å². The number of aromatic nitrogens is 1. The van der Waals surface area contributed by atoms with Gasteiger partial charge in [0.25, 0.3) is 0 Å². The van der Waals surface area contributed by atoms with Crippen molar-refractivity contribution in [2.24, 2.45) is 0 Å². The normalized spacial score (nSPS) is 18.5. The number of rotatable bonds is 5. The van der Waals surface area contributed by atoms with E-state index < -0.39 is 5.41 Å². The van der Waals surface area contributed by atoms with Crippen molar-refractivity contribution in [3.63, 3.8) is 0 Å². The molecule has 2 aromatic rings. The van der Waals surface area contributed by atoms with E-state index in [-0.39, 0.29) is 17.7 Å². The van der Waals surface area contributed by atoms with Crippen LogP contribution in [0.2, 0.25) is 0 Å². The summed E-state index contributed by atoms with van der Waals surface area (Å²) >= 11 is 0. The molecule has 7 nitrogen and oxygen atoms in total. The summed E-state index contributed by atoms with van der Waals surface area (Å²) in [7, 11) is 0. The average molecular weight is 456 g/mol. The summed E-state index contributed by atoms with van der Waals surface area (Å²) in [6.45, 7) is 5.63. The number of esters is 1. The van der Waals surface area contributed by atoms with Crippen LogP contribution in [0.15, 0.2) is 42.6 Å². The summed E-state index contributed by atoms with van der Waals surface area (Å²) < 4.78 is 24.6. The van der Waals surface area contributed by atoms with Crippen LogP contribution >= 0.6 is 0 Å². The highest BCUT2D eigenvalue weighted by Gasteiger charge is 2.44. The van der Waals surface area contributed by atoms with Crippen LogP contribution in [-0.2, 0) is 19.7 Å². The highest BCUT2D eigenvalue weighted by Crippen LogP contribution is 2.37. The van der Waals surface area contributed by atoms with Crippen LogP contribution < -0.4 is 4.90 Å². The Morgan fingerprint density at radius 1 is 1.12 bits per heavy atom. The first-order valence-corrected chi connectivity index (χ1v) is 11.5. The van der Waals surface area contributed by atoms with E-state index in [1.54, 1.807) is 19.1 Å². The Balaban J connectivity index is 1.48. The van der Waals surface area contributed by atoms with Crippen LogP contribution in [0.1, 0.15) is 42.1 Å². The lowest BCUT2D eigenvalue weighted by Gasteiger charge is -2.40. The Bertz CT molecular complexity index is 976. The number of carbonyl (C=O) groups is 2. The molecule has 0 aliphatic carbocycles. The third-order valence-corrected chi connectivity index (χ3v) is 6.50. The Morgan fingerprint density at radius 2 is 1.94 bits per heavy atom. The van der Waals surface area contributed by atoms with Gasteiger partial charge in [-0.25, -0.2) is 14.2 Å². The van der Waals surface area contributed by atoms with Crippen LogP contribution in [0.4, 0.5) is 10.2 Å². The van der Waals surface area contributed by atoms with E-state index in [2.05, 4.69) is 9.88 Å². The second-order valence-corrected chi connectivity index (χ2v) is 8.46. The summed E-state index contributed by atoms with van der Waals surface area (Å²) in [5.74, 6) is 0.0981. The second-order valence-electron chi connectivity index (χ2n) is 8.46. The molecule has 1 aromatic heterocycles. The second kappa shape index (κ2) is 10.3. The van der Waals surface area contributed by atoms with Gasteiger partial charge in [0, 0.05) is 45.6 Å². The van der Waals surface area contributed by atoms with Crippen molar-refractivity contribution in [3.8, 4) is 0 Å². The summed E-state index contributed by atoms with van der Waals surface area (Å²) in [6, 6.07) is 9.95. The molecule has 0 unspecified atom stereocenters. The first-order chi connectivity index (χ1) is 16.0. The van der Waals surface area contributed by atoms with Crippen LogP contribution in [0.5, 0.6) is 0 Å². The van der Waals surface area contributed by atoms with E-state index in [0.717, 1.165) is 24.3 Å². The minimum atomic E-state index is -0.755. The summed E-state index contributed by atoms with van der Waals surface area (Å²) in [4.78, 5) is 34.2. The van der Waals surface area contributed by atoms with Gasteiger partial charge in [-0.05, 0) is 56.0 Å². The predicted molar refractivity (Wildman–Crippen MR) is 122 cm³/mol. The van der Waals surface area contributed by atoms with E-state index in [9.17, 15) is 14.0 Å². The van der Waals surface area contributed by atoms with Gasteiger partial charge in [-0.2, -0.15) is 0 Å². The van der Waals surface area contributed by atoms with Gasteiger partial charge in [-0.15, -0.1) is 0 Å². The molecule has 1 amide bonds. The standard InChI is InChI=1S/C25H30FN3O4/c1-2-33-23(30)19-7-8-22(27-18-19)28-11-4-12-29(14-13-28)24(31)25(9-15-32-16-10-25)20-5-3-6-21(26)17-20/h3,5-8,17-18H,2,4,9-16H2,1H3. The molecule has 2 aliphatic heterocycles. The summed E-state index contributed by atoms with van der Waals surface area (Å²) in [6.07, 6.45) is 3.42. The number of pyridine rings is 1. The maximum absolute atomic E-state index is 14.0. The predicted octanol–water partition coefficient (Wildman–Crippen LogP) is 3.18. The highest BCUT2D eigenvalue weighted by atomic mass is 19.1. The molecular formula is C25H30FN3O4. The van der Waals surface area contributed by atoms with Crippen molar-refractivity contribution in [1.29, 1.82) is 0 Å². The van der Waals surface area contributed by atoms with Crippen molar-refractivity contribution >= 4 is 17.7 Å². The lowest BCUT2D eigenvalue weighted by atomic mass is 9.73. The lowest BCUT2D eigenvalue weighted by Crippen LogP contribution is -2.51. The number of hydrogen-bond acceptors (Lipinski definition) is 6. The molecule has 8 heteroatoms. The molecule has 0 spiro atoms. The smallest absolute Gasteiger partial charge is 0.339 e. The Kier molecular flexibility index (Phi) is 7.23. The van der Waals surface area contributed by atoms with Crippen molar-refractivity contribution < 1.29 is 23.5 Å². The topological polar surface area (TPSA) is 72.0 Å². The van der Waals surface area contributed by atoms with E-state index in [1.807, 2.05) is 17.0 Å². The van der Waals surface area contributed by atoms with Crippen LogP contribution in [0.25, 0.3) is 0 Å². The molecule has 0 radical (unpaired) electrons. The number of carbonyl (C=O) groups excluding carboxylic acids is 2. The van der Waals surface area contributed by atoms with E-state index in [1.165, 1.54) is 18.3 Å². The minimum Gasteiger partial charge on any atom is -0.462 e. The molecule has 2 saturated heterocycles. The number of anilines is 1. The van der Waals surface area contributed by atoms with Crippen LogP contribution in [-0.4, -0.2) is 67.8 Å². The molecule has 1 aromatic carbocycles. The largest absolute Gasteiger partial charge is 0.462 e. The minimum absolute atomic E-state index is 0.0452. The zero-order valence-electron chi connectivity index (χ0n) is 19.0. The molecule has 176 valence electrons. The van der Waals surface area contributed by atoms with Crippen molar-refractivity contribution in [2.45, 2.75) is 31.6 Å². The third kappa shape index (κ3) is 5.00. The van der Waals surface area contributed by atoms with Crippen molar-refractivity contribution in [2.75, 3.05) is 50.9 Å². The third-order valence-electron chi connectivity index (χ3n) is 6.50. The molecule has 33 heavy (non-hydrogen) atoms. The number of hydrogen-bond donors (Lipinski definition) is 0. The van der Waals surface area contributed by atoms with Gasteiger partial charge in [0.1, 0.15) is 11.6 Å². The maximum Gasteiger partial charge on any atom is 0.339 e. The fraction of sp³-hybridized carbons (Fsp3) is 0.480. The van der Waals surface area contributed by atoms with Crippen LogP contribution in [0.3, 0.4) is 0 Å². The first-order valence-electron chi connectivity index (χ1n) is 11.5. The summed E-state index contributed by atoms with van der Waals surface area (Å²) in [5, 5.41) is 0. The molecule has 2 fully saturated rings. The SMILES string of the molecule is CCOC(=O)c1ccc(N2CCCN(C(=O)C3(c4cccc(F)c4)CCOCC3)CC2)nc1. The highest BCUT2D eigenvalue weighted by molar-refractivity contribution is 5.89. The van der Waals surface area contributed by atoms with Gasteiger partial charge >= 0.3 is 5.97 Å². The van der Waals surface area contributed by atoms with Gasteiger partial charge in [0.15, 0.2) is 0 Å². The van der Waals surface area contributed by atoms with Gasteiger partial charge in [-0.3, -0.25) is 4.79 Å². The zero-order chi connectivity index (χ0) is 23.3. The van der Waals surface area contributed by atoms with E-state index in [0.29, 0.717) is 57.9 Å². The molecule has 0 bridgehead atoms. The summed E-state index contributed by atoms with van der Waals surface area (Å²) in [5.41, 5.74) is 0.395. The molecular weight excluding hydrogens is 425 g/mol. The molecule has 2 aliphatic rings. The monoisotopic (exact) mass is 455 g/mol. The van der Waals surface area contributed by atoms with Gasteiger partial charge in [0.2, 0.25) is 5.91 Å². The Hall–Kier alpha value is -3.00. The van der Waals surface area contributed by atoms with Crippen LogP contribution in [0, 0.1) is 5.82 Å². The zero-order valence-corrected chi connectivity index (χ0v) is 19.0.